The first kappa shape index (κ1) is 7.03. The van der Waals surface area contributed by atoms with E-state index in [0.29, 0.717) is 0 Å². The number of methoxy groups -OCH3 is 1. The molecule has 3 heteroatoms. The molecule has 0 aliphatic heterocycles. The van der Waals surface area contributed by atoms with Crippen molar-refractivity contribution in [3.8, 4) is 0 Å². The van der Waals surface area contributed by atoms with Gasteiger partial charge in [-0.15, -0.1) is 0 Å². The maximum Gasteiger partial charge on any atom is 0.337 e. The molecule has 0 heterocycles. The maximum atomic E-state index is 11.0. The zero-order valence-corrected chi connectivity index (χ0v) is 6.53. The van der Waals surface area contributed by atoms with Crippen molar-refractivity contribution in [2.24, 2.45) is 0 Å². The van der Waals surface area contributed by atoms with Crippen LogP contribution >= 0.6 is 0 Å². The monoisotopic (exact) mass is 165 g/mol. The van der Waals surface area contributed by atoms with Crippen LogP contribution in [0.25, 0.3) is 0 Å². The van der Waals surface area contributed by atoms with Crippen LogP contribution in [0, 0.1) is 0 Å². The largest absolute Gasteiger partial charge is 0.465 e. The lowest BCUT2D eigenvalue weighted by Gasteiger charge is -1.98. The third kappa shape index (κ3) is 1.69. The van der Waals surface area contributed by atoms with Gasteiger partial charge in [-0.05, 0) is 12.1 Å². The minimum atomic E-state index is -0.814. The number of rotatable bonds is 2. The van der Waals surface area contributed by atoms with Gasteiger partial charge in [-0.2, -0.15) is 0 Å². The van der Waals surface area contributed by atoms with Crippen LogP contribution in [0.3, 0.4) is 0 Å². The highest BCUT2D eigenvalue weighted by Gasteiger charge is 2.04. The summed E-state index contributed by atoms with van der Waals surface area (Å²) in [4.78, 5) is 21.6. The molecule has 0 spiro atoms. The average molecular weight is 165 g/mol. The lowest BCUT2D eigenvalue weighted by molar-refractivity contribution is 0.0600. The molecule has 0 saturated carbocycles. The van der Waals surface area contributed by atoms with Crippen LogP contribution in [0.15, 0.2) is 24.3 Å². The minimum absolute atomic E-state index is 0.183. The lowest BCUT2D eigenvalue weighted by atomic mass is 10.1. The van der Waals surface area contributed by atoms with Crippen LogP contribution in [0.4, 0.5) is 0 Å². The van der Waals surface area contributed by atoms with E-state index in [1.165, 1.54) is 31.4 Å². The van der Waals surface area contributed by atoms with Gasteiger partial charge in [0.15, 0.2) is 0 Å². The second kappa shape index (κ2) is 3.67. The van der Waals surface area contributed by atoms with E-state index in [9.17, 15) is 9.59 Å². The molecule has 0 atom stereocenters. The van der Waals surface area contributed by atoms with Gasteiger partial charge >= 0.3 is 5.97 Å². The first-order valence-electron chi connectivity index (χ1n) is 3.84. The van der Waals surface area contributed by atoms with E-state index < -0.39 is 12.2 Å². The minimum Gasteiger partial charge on any atom is -0.465 e. The zero-order chi connectivity index (χ0) is 9.84. The van der Waals surface area contributed by atoms with Crippen molar-refractivity contribution >= 4 is 12.2 Å². The number of ether oxygens (including phenoxy) is 1. The topological polar surface area (TPSA) is 43.4 Å². The molecule has 1 aromatic rings. The Morgan fingerprint density at radius 2 is 2.42 bits per heavy atom. The highest BCUT2D eigenvalue weighted by molar-refractivity contribution is 5.91. The van der Waals surface area contributed by atoms with Crippen molar-refractivity contribution in [1.82, 2.24) is 0 Å². The summed E-state index contributed by atoms with van der Waals surface area (Å²) in [5.74, 6) is -0.511. The Balaban J connectivity index is 3.05. The fourth-order valence-electron chi connectivity index (χ4n) is 0.828. The molecule has 62 valence electrons. The molecule has 0 aromatic heterocycles. The third-order valence-electron chi connectivity index (χ3n) is 1.40. The van der Waals surface area contributed by atoms with Crippen LogP contribution < -0.4 is 0 Å². The van der Waals surface area contributed by atoms with Gasteiger partial charge in [-0.1, -0.05) is 12.1 Å². The Morgan fingerprint density at radius 1 is 1.67 bits per heavy atom. The molecule has 12 heavy (non-hydrogen) atoms. The van der Waals surface area contributed by atoms with Gasteiger partial charge in [0.2, 0.25) is 0 Å². The van der Waals surface area contributed by atoms with Gasteiger partial charge in [-0.25, -0.2) is 4.79 Å². The summed E-state index contributed by atoms with van der Waals surface area (Å²) >= 11 is 0. The van der Waals surface area contributed by atoms with Gasteiger partial charge in [0.1, 0.15) is 7.63 Å². The molecule has 0 fully saturated rings. The van der Waals surface area contributed by atoms with E-state index in [2.05, 4.69) is 4.74 Å². The highest BCUT2D eigenvalue weighted by atomic mass is 16.5. The second-order valence-electron chi connectivity index (χ2n) is 2.17. The molecular weight excluding hydrogens is 156 g/mol. The van der Waals surface area contributed by atoms with Crippen LogP contribution in [-0.2, 0) is 4.74 Å². The molecule has 0 saturated heterocycles. The van der Waals surface area contributed by atoms with Gasteiger partial charge in [-0.3, -0.25) is 4.79 Å². The average Bonchev–Trinajstić information content (AvgIpc) is 2.17. The fourth-order valence-corrected chi connectivity index (χ4v) is 0.828. The summed E-state index contributed by atoms with van der Waals surface area (Å²) in [7, 11) is 1.26. The van der Waals surface area contributed by atoms with E-state index in [4.69, 9.17) is 1.37 Å². The van der Waals surface area contributed by atoms with E-state index >= 15 is 0 Å². The summed E-state index contributed by atoms with van der Waals surface area (Å²) in [5.41, 5.74) is 0.462. The van der Waals surface area contributed by atoms with Gasteiger partial charge in [0, 0.05) is 5.56 Å². The second-order valence-corrected chi connectivity index (χ2v) is 2.17. The Hall–Kier alpha value is -1.64. The number of esters is 1. The predicted molar refractivity (Wildman–Crippen MR) is 43.2 cm³/mol. The van der Waals surface area contributed by atoms with Crippen LogP contribution in [0.5, 0.6) is 0 Å². The summed E-state index contributed by atoms with van der Waals surface area (Å²) in [5, 5.41) is 0. The smallest absolute Gasteiger partial charge is 0.337 e. The molecule has 0 bridgehead atoms. The maximum absolute atomic E-state index is 11.0. The number of hydrogen-bond donors (Lipinski definition) is 0. The Morgan fingerprint density at radius 3 is 3.00 bits per heavy atom. The molecule has 0 radical (unpaired) electrons. The number of hydrogen-bond acceptors (Lipinski definition) is 3. The van der Waals surface area contributed by atoms with Crippen LogP contribution in [-0.4, -0.2) is 19.3 Å². The summed E-state index contributed by atoms with van der Waals surface area (Å²) in [6, 6.07) is 5.87. The Labute approximate surface area is 71.4 Å². The van der Waals surface area contributed by atoms with Gasteiger partial charge < -0.3 is 4.74 Å². The number of aldehydes is 1. The molecule has 0 aliphatic rings. The molecule has 0 unspecified atom stereocenters. The Bertz CT molecular complexity index is 346. The van der Waals surface area contributed by atoms with E-state index in [0.717, 1.165) is 0 Å². The molecule has 0 amide bonds. The van der Waals surface area contributed by atoms with E-state index in [-0.39, 0.29) is 11.1 Å². The molecule has 3 nitrogen and oxygen atoms in total. The molecule has 1 aromatic carbocycles. The predicted octanol–water partition coefficient (Wildman–Crippen LogP) is 1.29. The fraction of sp³-hybridized carbons (Fsp3) is 0.111. The van der Waals surface area contributed by atoms with Crippen molar-refractivity contribution in [1.29, 1.82) is 0 Å². The normalized spacial score (nSPS) is 10.2. The third-order valence-corrected chi connectivity index (χ3v) is 1.40. The van der Waals surface area contributed by atoms with Crippen molar-refractivity contribution in [3.05, 3.63) is 35.4 Å². The first-order valence-corrected chi connectivity index (χ1v) is 3.34. The van der Waals surface area contributed by atoms with Gasteiger partial charge in [0.25, 0.3) is 0 Å². The zero-order valence-electron chi connectivity index (χ0n) is 7.53. The van der Waals surface area contributed by atoms with Crippen molar-refractivity contribution in [3.63, 3.8) is 0 Å². The Kier molecular flexibility index (Phi) is 2.15. The number of carbonyl (C=O) groups excluding carboxylic acids is 2. The molecule has 0 N–H and O–H groups in total. The molecule has 1 rings (SSSR count). The summed E-state index contributed by atoms with van der Waals surface area (Å²) in [6.07, 6.45) is -0.814. The highest BCUT2D eigenvalue weighted by Crippen LogP contribution is 2.03. The lowest BCUT2D eigenvalue weighted by Crippen LogP contribution is -2.01. The van der Waals surface area contributed by atoms with E-state index in [1.54, 1.807) is 0 Å². The van der Waals surface area contributed by atoms with E-state index in [1.807, 2.05) is 0 Å². The summed E-state index contributed by atoms with van der Waals surface area (Å²) < 4.78 is 11.3. The van der Waals surface area contributed by atoms with Crippen molar-refractivity contribution in [2.75, 3.05) is 7.11 Å². The van der Waals surface area contributed by atoms with Crippen molar-refractivity contribution in [2.45, 2.75) is 0 Å². The number of carbonyl (C=O) groups is 2. The summed E-state index contributed by atoms with van der Waals surface area (Å²) in [6.45, 7) is 0. The van der Waals surface area contributed by atoms with Crippen LogP contribution in [0.1, 0.15) is 22.1 Å². The number of benzene rings is 1. The SMILES string of the molecule is [2H]C(=O)c1cccc(C(=O)OC)c1. The molecular formula is C9H8O3. The molecule has 0 aliphatic carbocycles. The van der Waals surface area contributed by atoms with Crippen LogP contribution in [0.2, 0.25) is 0 Å². The van der Waals surface area contributed by atoms with Crippen molar-refractivity contribution < 1.29 is 15.7 Å². The first-order chi connectivity index (χ1) is 6.15. The standard InChI is InChI=1S/C9H8O3/c1-12-9(11)8-4-2-3-7(5-8)6-10/h2-6H,1H3/i6D. The van der Waals surface area contributed by atoms with Gasteiger partial charge in [0.05, 0.1) is 12.7 Å². The quantitative estimate of drug-likeness (QED) is 0.489.